The average molecular weight is 434 g/mol. The van der Waals surface area contributed by atoms with Crippen LogP contribution in [0.15, 0.2) is 33.5 Å². The summed E-state index contributed by atoms with van der Waals surface area (Å²) < 4.78 is 10.8. The lowest BCUT2D eigenvalue weighted by Crippen LogP contribution is -2.23. The van der Waals surface area contributed by atoms with Gasteiger partial charge in [0.05, 0.1) is 17.2 Å². The minimum absolute atomic E-state index is 0.161. The van der Waals surface area contributed by atoms with E-state index < -0.39 is 12.6 Å². The Labute approximate surface area is 175 Å². The fraction of sp³-hybridized carbons (Fsp3) is 0.263. The molecule has 1 aliphatic rings. The quantitative estimate of drug-likeness (QED) is 0.666. The Kier molecular flexibility index (Phi) is 6.55. The van der Waals surface area contributed by atoms with Crippen molar-refractivity contribution in [3.05, 3.63) is 39.7 Å². The molecule has 0 spiro atoms. The van der Waals surface area contributed by atoms with Crippen LogP contribution in [0.5, 0.6) is 11.5 Å². The second-order valence-corrected chi connectivity index (χ2v) is 7.81. The molecule has 0 aliphatic carbocycles. The minimum Gasteiger partial charge on any atom is -0.490 e. The van der Waals surface area contributed by atoms with E-state index in [1.54, 1.807) is 31.3 Å². The molecule has 8 nitrogen and oxygen atoms in total. The molecule has 1 saturated heterocycles. The molecular weight excluding hydrogens is 414 g/mol. The van der Waals surface area contributed by atoms with Crippen molar-refractivity contribution in [1.29, 1.82) is 0 Å². The molecule has 2 heterocycles. The van der Waals surface area contributed by atoms with E-state index in [9.17, 15) is 9.59 Å². The van der Waals surface area contributed by atoms with E-state index in [-0.39, 0.29) is 5.91 Å². The number of ether oxygens (including phenoxy) is 2. The molecule has 3 rings (SSSR count). The van der Waals surface area contributed by atoms with Crippen molar-refractivity contribution in [2.24, 2.45) is 4.99 Å². The van der Waals surface area contributed by atoms with Gasteiger partial charge < -0.3 is 14.6 Å². The zero-order valence-electron chi connectivity index (χ0n) is 16.0. The topological polar surface area (TPSA) is 101 Å². The van der Waals surface area contributed by atoms with E-state index >= 15 is 0 Å². The van der Waals surface area contributed by atoms with Crippen LogP contribution < -0.4 is 9.47 Å². The predicted molar refractivity (Wildman–Crippen MR) is 113 cm³/mol. The molecule has 29 heavy (non-hydrogen) atoms. The van der Waals surface area contributed by atoms with Crippen LogP contribution in [-0.2, 0) is 9.59 Å². The number of aliphatic imine (C=N–C) groups is 1. The minimum atomic E-state index is -1.07. The lowest BCUT2D eigenvalue weighted by atomic mass is 10.2. The predicted octanol–water partition coefficient (Wildman–Crippen LogP) is 3.55. The van der Waals surface area contributed by atoms with Gasteiger partial charge >= 0.3 is 5.97 Å². The summed E-state index contributed by atoms with van der Waals surface area (Å²) in [7, 11) is 1.67. The first kappa shape index (κ1) is 20.9. The zero-order valence-corrected chi connectivity index (χ0v) is 17.7. The lowest BCUT2D eigenvalue weighted by molar-refractivity contribution is -0.139. The number of likely N-dealkylation sites (N-methyl/N-ethyl adjacent to an activating group) is 1. The van der Waals surface area contributed by atoms with Crippen molar-refractivity contribution in [2.45, 2.75) is 13.8 Å². The Hall–Kier alpha value is -2.85. The molecule has 0 unspecified atom stereocenters. The SMILES string of the molecule is CCOc1cc(/C=C2/S/C(=N/c3nc(C)cs3)N(C)C2=O)ccc1OCC(=O)O. The molecule has 0 saturated carbocycles. The summed E-state index contributed by atoms with van der Waals surface area (Å²) in [5, 5.41) is 11.9. The van der Waals surface area contributed by atoms with E-state index in [4.69, 9.17) is 14.6 Å². The number of hydrogen-bond acceptors (Lipinski definition) is 8. The van der Waals surface area contributed by atoms with Crippen molar-refractivity contribution in [3.8, 4) is 11.5 Å². The highest BCUT2D eigenvalue weighted by molar-refractivity contribution is 8.18. The van der Waals surface area contributed by atoms with Gasteiger partial charge in [-0.2, -0.15) is 4.99 Å². The number of carboxylic acid groups (broad SMARTS) is 1. The Balaban J connectivity index is 1.85. The molecule has 2 aromatic rings. The lowest BCUT2D eigenvalue weighted by Gasteiger charge is -2.11. The smallest absolute Gasteiger partial charge is 0.341 e. The normalized spacial score (nSPS) is 16.7. The van der Waals surface area contributed by atoms with Gasteiger partial charge in [0.25, 0.3) is 5.91 Å². The Morgan fingerprint density at radius 1 is 1.34 bits per heavy atom. The summed E-state index contributed by atoms with van der Waals surface area (Å²) >= 11 is 2.69. The largest absolute Gasteiger partial charge is 0.490 e. The van der Waals surface area contributed by atoms with Gasteiger partial charge in [-0.25, -0.2) is 9.78 Å². The van der Waals surface area contributed by atoms with Gasteiger partial charge in [-0.15, -0.1) is 11.3 Å². The van der Waals surface area contributed by atoms with Crippen LogP contribution in [0.4, 0.5) is 5.13 Å². The summed E-state index contributed by atoms with van der Waals surface area (Å²) in [4.78, 5) is 34.1. The maximum Gasteiger partial charge on any atom is 0.341 e. The van der Waals surface area contributed by atoms with Gasteiger partial charge in [0.2, 0.25) is 5.13 Å². The van der Waals surface area contributed by atoms with Gasteiger partial charge in [0, 0.05) is 12.4 Å². The third kappa shape index (κ3) is 5.15. The van der Waals surface area contributed by atoms with Crippen LogP contribution in [0, 0.1) is 6.92 Å². The summed E-state index contributed by atoms with van der Waals surface area (Å²) in [6, 6.07) is 5.07. The highest BCUT2D eigenvalue weighted by Gasteiger charge is 2.30. The van der Waals surface area contributed by atoms with Gasteiger partial charge in [0.1, 0.15) is 0 Å². The molecule has 1 aromatic heterocycles. The number of aliphatic carboxylic acids is 1. The van der Waals surface area contributed by atoms with Gasteiger partial charge in [0.15, 0.2) is 23.3 Å². The second kappa shape index (κ2) is 9.10. The van der Waals surface area contributed by atoms with E-state index in [2.05, 4.69) is 9.98 Å². The van der Waals surface area contributed by atoms with Crippen molar-refractivity contribution in [1.82, 2.24) is 9.88 Å². The molecule has 0 bridgehead atoms. The first-order valence-electron chi connectivity index (χ1n) is 8.67. The van der Waals surface area contributed by atoms with E-state index in [1.807, 2.05) is 19.2 Å². The molecule has 10 heteroatoms. The van der Waals surface area contributed by atoms with Gasteiger partial charge in [-0.05, 0) is 49.4 Å². The number of rotatable bonds is 7. The molecule has 1 amide bonds. The maximum absolute atomic E-state index is 12.6. The van der Waals surface area contributed by atoms with Crippen LogP contribution in [0.25, 0.3) is 6.08 Å². The van der Waals surface area contributed by atoms with E-state index in [0.717, 1.165) is 11.3 Å². The highest BCUT2D eigenvalue weighted by Crippen LogP contribution is 2.35. The van der Waals surface area contributed by atoms with E-state index in [1.165, 1.54) is 28.0 Å². The number of amides is 1. The first-order valence-corrected chi connectivity index (χ1v) is 10.4. The Bertz CT molecular complexity index is 999. The van der Waals surface area contributed by atoms with Crippen molar-refractivity contribution >= 4 is 51.4 Å². The number of carbonyl (C=O) groups excluding carboxylic acids is 1. The highest BCUT2D eigenvalue weighted by atomic mass is 32.2. The molecular formula is C19H19N3O5S2. The Morgan fingerprint density at radius 3 is 2.79 bits per heavy atom. The fourth-order valence-electron chi connectivity index (χ4n) is 2.42. The molecule has 1 fully saturated rings. The standard InChI is InChI=1S/C19H19N3O5S2/c1-4-26-14-7-12(5-6-13(14)27-9-16(23)24)8-15-17(25)22(3)19(29-15)21-18-20-11(2)10-28-18/h5-8,10H,4,9H2,1-3H3,(H,23,24)/b15-8+,21-19+. The first-order chi connectivity index (χ1) is 13.9. The monoisotopic (exact) mass is 433 g/mol. The van der Waals surface area contributed by atoms with Crippen molar-refractivity contribution in [3.63, 3.8) is 0 Å². The number of carbonyl (C=O) groups is 2. The van der Waals surface area contributed by atoms with Gasteiger partial charge in [-0.3, -0.25) is 9.69 Å². The number of amidine groups is 1. The summed E-state index contributed by atoms with van der Waals surface area (Å²) in [5.41, 5.74) is 1.61. The number of carboxylic acids is 1. The number of thiazole rings is 1. The summed E-state index contributed by atoms with van der Waals surface area (Å²) in [5.74, 6) is -0.484. The van der Waals surface area contributed by atoms with Crippen LogP contribution >= 0.6 is 23.1 Å². The average Bonchev–Trinajstić information content (AvgIpc) is 3.20. The fourth-order valence-corrected chi connectivity index (χ4v) is 4.11. The summed E-state index contributed by atoms with van der Waals surface area (Å²) in [6.07, 6.45) is 1.74. The molecule has 1 N–H and O–H groups in total. The second-order valence-electron chi connectivity index (χ2n) is 5.96. The molecule has 0 radical (unpaired) electrons. The number of aromatic nitrogens is 1. The third-order valence-corrected chi connectivity index (χ3v) is 5.63. The molecule has 1 aromatic carbocycles. The van der Waals surface area contributed by atoms with Crippen LogP contribution in [-0.4, -0.2) is 52.3 Å². The maximum atomic E-state index is 12.6. The van der Waals surface area contributed by atoms with Gasteiger partial charge in [-0.1, -0.05) is 6.07 Å². The number of hydrogen-bond donors (Lipinski definition) is 1. The molecule has 0 atom stereocenters. The van der Waals surface area contributed by atoms with Crippen molar-refractivity contribution in [2.75, 3.05) is 20.3 Å². The van der Waals surface area contributed by atoms with E-state index in [0.29, 0.717) is 33.3 Å². The number of benzene rings is 1. The molecule has 1 aliphatic heterocycles. The summed E-state index contributed by atoms with van der Waals surface area (Å²) in [6.45, 7) is 3.64. The van der Waals surface area contributed by atoms with Crippen LogP contribution in [0.3, 0.4) is 0 Å². The van der Waals surface area contributed by atoms with Crippen LogP contribution in [0.1, 0.15) is 18.2 Å². The Morgan fingerprint density at radius 2 is 2.14 bits per heavy atom. The van der Waals surface area contributed by atoms with Crippen LogP contribution in [0.2, 0.25) is 0 Å². The van der Waals surface area contributed by atoms with Crippen molar-refractivity contribution < 1.29 is 24.2 Å². The number of nitrogens with zero attached hydrogens (tertiary/aromatic N) is 3. The number of thioether (sulfide) groups is 1. The third-order valence-electron chi connectivity index (χ3n) is 3.72. The zero-order chi connectivity index (χ0) is 21.0. The number of aryl methyl sites for hydroxylation is 1. The molecule has 152 valence electrons.